The predicted molar refractivity (Wildman–Crippen MR) is 69.3 cm³/mol. The minimum atomic E-state index is -0.712. The van der Waals surface area contributed by atoms with Gasteiger partial charge in [0.05, 0.1) is 5.54 Å². The summed E-state index contributed by atoms with van der Waals surface area (Å²) in [7, 11) is 0. The molecule has 1 amide bonds. The molecule has 16 heavy (non-hydrogen) atoms. The molecule has 96 valence electrons. The molecule has 1 atom stereocenters. The Morgan fingerprint density at radius 3 is 2.25 bits per heavy atom. The highest BCUT2D eigenvalue weighted by molar-refractivity contribution is 5.85. The van der Waals surface area contributed by atoms with Crippen LogP contribution in [-0.2, 0) is 4.79 Å². The Balaban J connectivity index is 4.47. The third-order valence-corrected chi connectivity index (χ3v) is 3.11. The van der Waals surface area contributed by atoms with Gasteiger partial charge >= 0.3 is 0 Å². The fourth-order valence-corrected chi connectivity index (χ4v) is 1.61. The van der Waals surface area contributed by atoms with Crippen molar-refractivity contribution in [2.24, 2.45) is 5.73 Å². The zero-order valence-corrected chi connectivity index (χ0v) is 11.5. The van der Waals surface area contributed by atoms with Crippen molar-refractivity contribution in [3.05, 3.63) is 0 Å². The molecular formula is C13H28N2O. The van der Waals surface area contributed by atoms with Crippen LogP contribution in [0.4, 0.5) is 0 Å². The molecule has 0 fully saturated rings. The first kappa shape index (κ1) is 15.4. The Labute approximate surface area is 100 Å². The van der Waals surface area contributed by atoms with Crippen LogP contribution in [0.25, 0.3) is 0 Å². The largest absolute Gasteiger partial charge is 0.339 e. The Bertz CT molecular complexity index is 212. The molecule has 0 aliphatic heterocycles. The monoisotopic (exact) mass is 228 g/mol. The molecule has 0 aliphatic rings. The highest BCUT2D eigenvalue weighted by atomic mass is 16.2. The smallest absolute Gasteiger partial charge is 0.242 e. The molecule has 1 unspecified atom stereocenters. The Hall–Kier alpha value is -0.570. The summed E-state index contributed by atoms with van der Waals surface area (Å²) in [5.74, 6) is 0.0844. The normalized spacial score (nSPS) is 14.9. The number of nitrogens with zero attached hydrogens (tertiary/aromatic N) is 1. The van der Waals surface area contributed by atoms with Crippen molar-refractivity contribution in [2.75, 3.05) is 6.54 Å². The van der Waals surface area contributed by atoms with Gasteiger partial charge in [-0.15, -0.1) is 0 Å². The lowest BCUT2D eigenvalue weighted by atomic mass is 9.97. The summed E-state index contributed by atoms with van der Waals surface area (Å²) >= 11 is 0. The van der Waals surface area contributed by atoms with Crippen LogP contribution in [0.1, 0.15) is 60.3 Å². The lowest BCUT2D eigenvalue weighted by Crippen LogP contribution is -2.55. The van der Waals surface area contributed by atoms with Crippen LogP contribution < -0.4 is 5.73 Å². The summed E-state index contributed by atoms with van der Waals surface area (Å²) in [4.78, 5) is 14.1. The van der Waals surface area contributed by atoms with E-state index in [0.717, 1.165) is 13.0 Å². The third-order valence-electron chi connectivity index (χ3n) is 3.11. The van der Waals surface area contributed by atoms with E-state index in [4.69, 9.17) is 5.73 Å². The van der Waals surface area contributed by atoms with E-state index in [9.17, 15) is 4.79 Å². The predicted octanol–water partition coefficient (Wildman–Crippen LogP) is 2.54. The number of rotatable bonds is 7. The minimum Gasteiger partial charge on any atom is -0.339 e. The average molecular weight is 228 g/mol. The van der Waals surface area contributed by atoms with Crippen LogP contribution in [0.2, 0.25) is 0 Å². The van der Waals surface area contributed by atoms with Crippen molar-refractivity contribution in [3.8, 4) is 0 Å². The lowest BCUT2D eigenvalue weighted by molar-refractivity contribution is -0.138. The number of carbonyl (C=O) groups is 1. The first-order valence-corrected chi connectivity index (χ1v) is 6.46. The Kier molecular flexibility index (Phi) is 6.65. The Morgan fingerprint density at radius 2 is 1.88 bits per heavy atom. The van der Waals surface area contributed by atoms with E-state index in [2.05, 4.69) is 20.8 Å². The maximum absolute atomic E-state index is 12.2. The van der Waals surface area contributed by atoms with Gasteiger partial charge in [-0.05, 0) is 33.6 Å². The molecule has 2 N–H and O–H groups in total. The van der Waals surface area contributed by atoms with Crippen LogP contribution in [0.5, 0.6) is 0 Å². The number of unbranched alkanes of at least 4 members (excludes halogenated alkanes) is 2. The lowest BCUT2D eigenvalue weighted by Gasteiger charge is -2.34. The van der Waals surface area contributed by atoms with Crippen molar-refractivity contribution < 1.29 is 4.79 Å². The molecule has 3 nitrogen and oxygen atoms in total. The van der Waals surface area contributed by atoms with Crippen molar-refractivity contribution >= 4 is 5.91 Å². The molecule has 0 aliphatic carbocycles. The van der Waals surface area contributed by atoms with Crippen LogP contribution in [0.3, 0.4) is 0 Å². The fourth-order valence-electron chi connectivity index (χ4n) is 1.61. The second kappa shape index (κ2) is 6.89. The van der Waals surface area contributed by atoms with E-state index in [-0.39, 0.29) is 11.9 Å². The van der Waals surface area contributed by atoms with Gasteiger partial charge in [0.15, 0.2) is 0 Å². The summed E-state index contributed by atoms with van der Waals surface area (Å²) in [6.45, 7) is 10.9. The van der Waals surface area contributed by atoms with Gasteiger partial charge < -0.3 is 10.6 Å². The van der Waals surface area contributed by atoms with Gasteiger partial charge in [-0.1, -0.05) is 26.7 Å². The number of nitrogens with two attached hydrogens (primary N) is 1. The highest BCUT2D eigenvalue weighted by Gasteiger charge is 2.31. The van der Waals surface area contributed by atoms with E-state index in [1.165, 1.54) is 12.8 Å². The standard InChI is InChI=1S/C13H28N2O/c1-6-8-9-10-15(11(3)4)12(16)13(5,14)7-2/h11H,6-10,14H2,1-5H3. The average Bonchev–Trinajstić information content (AvgIpc) is 2.23. The molecular weight excluding hydrogens is 200 g/mol. The number of amides is 1. The van der Waals surface area contributed by atoms with Crippen LogP contribution in [0, 0.1) is 0 Å². The minimum absolute atomic E-state index is 0.0844. The van der Waals surface area contributed by atoms with Crippen molar-refractivity contribution in [1.29, 1.82) is 0 Å². The maximum Gasteiger partial charge on any atom is 0.242 e. The SMILES string of the molecule is CCCCCN(C(=O)C(C)(N)CC)C(C)C. The zero-order valence-electron chi connectivity index (χ0n) is 11.5. The van der Waals surface area contributed by atoms with Crippen LogP contribution >= 0.6 is 0 Å². The second-order valence-electron chi connectivity index (χ2n) is 5.07. The van der Waals surface area contributed by atoms with Gasteiger partial charge in [-0.3, -0.25) is 4.79 Å². The molecule has 0 heterocycles. The highest BCUT2D eigenvalue weighted by Crippen LogP contribution is 2.13. The van der Waals surface area contributed by atoms with Gasteiger partial charge in [0.2, 0.25) is 5.91 Å². The molecule has 0 bridgehead atoms. The van der Waals surface area contributed by atoms with Gasteiger partial charge in [0.1, 0.15) is 0 Å². The van der Waals surface area contributed by atoms with Gasteiger partial charge in [-0.25, -0.2) is 0 Å². The van der Waals surface area contributed by atoms with E-state index in [1.807, 2.05) is 18.7 Å². The van der Waals surface area contributed by atoms with Gasteiger partial charge in [-0.2, -0.15) is 0 Å². The number of hydrogen-bond acceptors (Lipinski definition) is 2. The van der Waals surface area contributed by atoms with E-state index >= 15 is 0 Å². The molecule has 0 saturated carbocycles. The zero-order chi connectivity index (χ0) is 12.8. The molecule has 0 rings (SSSR count). The fraction of sp³-hybridized carbons (Fsp3) is 0.923. The molecule has 0 spiro atoms. The van der Waals surface area contributed by atoms with Crippen molar-refractivity contribution in [2.45, 2.75) is 71.9 Å². The quantitative estimate of drug-likeness (QED) is 0.681. The first-order valence-electron chi connectivity index (χ1n) is 6.46. The van der Waals surface area contributed by atoms with Crippen molar-refractivity contribution in [3.63, 3.8) is 0 Å². The summed E-state index contributed by atoms with van der Waals surface area (Å²) < 4.78 is 0. The summed E-state index contributed by atoms with van der Waals surface area (Å²) in [5, 5.41) is 0. The number of carbonyl (C=O) groups excluding carboxylic acids is 1. The van der Waals surface area contributed by atoms with Gasteiger partial charge in [0, 0.05) is 12.6 Å². The van der Waals surface area contributed by atoms with E-state index < -0.39 is 5.54 Å². The molecule has 3 heteroatoms. The first-order chi connectivity index (χ1) is 7.36. The second-order valence-corrected chi connectivity index (χ2v) is 5.07. The molecule has 0 radical (unpaired) electrons. The summed E-state index contributed by atoms with van der Waals surface area (Å²) in [6, 6.07) is 0.235. The molecule has 0 aromatic rings. The molecule has 0 saturated heterocycles. The number of hydrogen-bond donors (Lipinski definition) is 1. The summed E-state index contributed by atoms with van der Waals surface area (Å²) in [6.07, 6.45) is 4.10. The van der Waals surface area contributed by atoms with Crippen molar-refractivity contribution in [1.82, 2.24) is 4.90 Å². The van der Waals surface area contributed by atoms with Crippen LogP contribution in [0.15, 0.2) is 0 Å². The maximum atomic E-state index is 12.2. The van der Waals surface area contributed by atoms with E-state index in [0.29, 0.717) is 6.42 Å². The summed E-state index contributed by atoms with van der Waals surface area (Å²) in [5.41, 5.74) is 5.30. The third kappa shape index (κ3) is 4.52. The molecule has 0 aromatic heterocycles. The van der Waals surface area contributed by atoms with Crippen LogP contribution in [-0.4, -0.2) is 28.9 Å². The topological polar surface area (TPSA) is 46.3 Å². The van der Waals surface area contributed by atoms with Gasteiger partial charge in [0.25, 0.3) is 0 Å². The molecule has 0 aromatic carbocycles. The van der Waals surface area contributed by atoms with E-state index in [1.54, 1.807) is 0 Å². The Morgan fingerprint density at radius 1 is 1.31 bits per heavy atom.